The number of rotatable bonds is 9. The molecule has 2 aromatic carbocycles. The van der Waals surface area contributed by atoms with Gasteiger partial charge in [-0.15, -0.1) is 12.4 Å². The third-order valence-corrected chi connectivity index (χ3v) is 5.00. The fourth-order valence-corrected chi connectivity index (χ4v) is 3.37. The lowest BCUT2D eigenvalue weighted by molar-refractivity contribution is -0.146. The Kier molecular flexibility index (Phi) is 8.88. The summed E-state index contributed by atoms with van der Waals surface area (Å²) in [4.78, 5) is 23.8. The second-order valence-corrected chi connectivity index (χ2v) is 7.39. The molecule has 0 aliphatic carbocycles. The van der Waals surface area contributed by atoms with E-state index in [0.29, 0.717) is 30.9 Å². The van der Waals surface area contributed by atoms with Crippen LogP contribution in [0.2, 0.25) is 0 Å². The first-order chi connectivity index (χ1) is 14.5. The molecule has 31 heavy (non-hydrogen) atoms. The van der Waals surface area contributed by atoms with Crippen molar-refractivity contribution in [2.75, 3.05) is 13.2 Å². The lowest BCUT2D eigenvalue weighted by Crippen LogP contribution is -2.31. The molecule has 3 rings (SSSR count). The summed E-state index contributed by atoms with van der Waals surface area (Å²) in [5.74, 6) is -0.0567. The average Bonchev–Trinajstić information content (AvgIpc) is 3.10. The largest absolute Gasteiger partial charge is 0.491 e. The Morgan fingerprint density at radius 1 is 1.13 bits per heavy atom. The maximum Gasteiger partial charge on any atom is 0.306 e. The van der Waals surface area contributed by atoms with Gasteiger partial charge in [0.15, 0.2) is 0 Å². The van der Waals surface area contributed by atoms with E-state index in [1.165, 1.54) is 0 Å². The topological polar surface area (TPSA) is 114 Å². The zero-order chi connectivity index (χ0) is 21.5. The summed E-state index contributed by atoms with van der Waals surface area (Å²) in [5, 5.41) is 10.3. The van der Waals surface area contributed by atoms with E-state index in [4.69, 9.17) is 20.6 Å². The molecule has 4 N–H and O–H groups in total. The van der Waals surface area contributed by atoms with Crippen molar-refractivity contribution >= 4 is 30.1 Å². The standard InChI is InChI=1S/C23H27N3O4.ClH/c1-2-11-29-21(27)13-18-12-19(26-23(18)28)14-30-20-9-7-16(8-10-20)15-3-5-17(6-4-15)22(24)25;/h3-10,18-19H,2,11-14H2,1H3,(H3,24,25)(H,26,28);1H/t18-,19-;/m0./s1. The van der Waals surface area contributed by atoms with Gasteiger partial charge in [0, 0.05) is 5.56 Å². The van der Waals surface area contributed by atoms with Gasteiger partial charge >= 0.3 is 5.97 Å². The van der Waals surface area contributed by atoms with Crippen molar-refractivity contribution in [3.8, 4) is 16.9 Å². The summed E-state index contributed by atoms with van der Waals surface area (Å²) in [7, 11) is 0. The number of hydrogen-bond donors (Lipinski definition) is 3. The van der Waals surface area contributed by atoms with Crippen molar-refractivity contribution < 1.29 is 19.1 Å². The van der Waals surface area contributed by atoms with Crippen LogP contribution in [-0.4, -0.2) is 37.0 Å². The van der Waals surface area contributed by atoms with E-state index in [0.717, 1.165) is 17.5 Å². The zero-order valence-electron chi connectivity index (χ0n) is 17.4. The highest BCUT2D eigenvalue weighted by atomic mass is 35.5. The number of amides is 1. The van der Waals surface area contributed by atoms with Crippen LogP contribution in [0.3, 0.4) is 0 Å². The Hall–Kier alpha value is -3.06. The molecular formula is C23H28ClN3O4. The first kappa shape index (κ1) is 24.2. The summed E-state index contributed by atoms with van der Waals surface area (Å²) in [5.41, 5.74) is 8.22. The van der Waals surface area contributed by atoms with Crippen LogP contribution in [0.25, 0.3) is 11.1 Å². The Morgan fingerprint density at radius 3 is 2.32 bits per heavy atom. The maximum absolute atomic E-state index is 12.1. The van der Waals surface area contributed by atoms with Gasteiger partial charge in [0.2, 0.25) is 5.91 Å². The molecule has 0 saturated carbocycles. The highest BCUT2D eigenvalue weighted by Crippen LogP contribution is 2.24. The number of nitrogens with two attached hydrogens (primary N) is 1. The second-order valence-electron chi connectivity index (χ2n) is 7.39. The van der Waals surface area contributed by atoms with Crippen LogP contribution in [-0.2, 0) is 14.3 Å². The molecule has 1 aliphatic heterocycles. The molecule has 0 unspecified atom stereocenters. The van der Waals surface area contributed by atoms with Crippen LogP contribution in [0.1, 0.15) is 31.7 Å². The van der Waals surface area contributed by atoms with Crippen molar-refractivity contribution in [2.45, 2.75) is 32.2 Å². The van der Waals surface area contributed by atoms with Crippen LogP contribution in [0.4, 0.5) is 0 Å². The number of carbonyl (C=O) groups is 2. The zero-order valence-corrected chi connectivity index (χ0v) is 18.2. The molecule has 1 saturated heterocycles. The Labute approximate surface area is 188 Å². The van der Waals surface area contributed by atoms with Crippen molar-refractivity contribution in [3.05, 3.63) is 54.1 Å². The van der Waals surface area contributed by atoms with Gasteiger partial charge in [0.25, 0.3) is 0 Å². The monoisotopic (exact) mass is 445 g/mol. The molecule has 1 heterocycles. The normalized spacial score (nSPS) is 17.4. The Bertz CT molecular complexity index is 900. The SMILES string of the molecule is CCCOC(=O)C[C@@H]1C[C@@H](COc2ccc(-c3ccc(C(=N)N)cc3)cc2)NC1=O.Cl. The van der Waals surface area contributed by atoms with Crippen LogP contribution >= 0.6 is 12.4 Å². The molecule has 0 bridgehead atoms. The minimum atomic E-state index is -0.358. The summed E-state index contributed by atoms with van der Waals surface area (Å²) >= 11 is 0. The van der Waals surface area contributed by atoms with Crippen LogP contribution in [0.5, 0.6) is 5.75 Å². The van der Waals surface area contributed by atoms with E-state index in [9.17, 15) is 9.59 Å². The van der Waals surface area contributed by atoms with Crippen LogP contribution in [0, 0.1) is 11.3 Å². The van der Waals surface area contributed by atoms with E-state index < -0.39 is 0 Å². The number of ether oxygens (including phenoxy) is 2. The highest BCUT2D eigenvalue weighted by Gasteiger charge is 2.34. The molecule has 1 fully saturated rings. The molecule has 0 spiro atoms. The van der Waals surface area contributed by atoms with E-state index in [1.807, 2.05) is 55.5 Å². The van der Waals surface area contributed by atoms with Gasteiger partial charge in [-0.05, 0) is 36.1 Å². The second kappa shape index (κ2) is 11.4. The molecule has 166 valence electrons. The molecular weight excluding hydrogens is 418 g/mol. The minimum Gasteiger partial charge on any atom is -0.491 e. The summed E-state index contributed by atoms with van der Waals surface area (Å²) in [6.07, 6.45) is 1.43. The van der Waals surface area contributed by atoms with E-state index >= 15 is 0 Å². The number of esters is 1. The van der Waals surface area contributed by atoms with Crippen molar-refractivity contribution in [3.63, 3.8) is 0 Å². The summed E-state index contributed by atoms with van der Waals surface area (Å²) in [6.45, 7) is 2.66. The van der Waals surface area contributed by atoms with Crippen LogP contribution in [0.15, 0.2) is 48.5 Å². The van der Waals surface area contributed by atoms with Gasteiger partial charge in [0.05, 0.1) is 25.0 Å². The highest BCUT2D eigenvalue weighted by molar-refractivity contribution is 5.95. The number of nitrogens with one attached hydrogen (secondary N) is 2. The van der Waals surface area contributed by atoms with E-state index in [2.05, 4.69) is 5.32 Å². The van der Waals surface area contributed by atoms with Gasteiger partial charge in [-0.2, -0.15) is 0 Å². The maximum atomic E-state index is 12.1. The molecule has 2 aromatic rings. The molecule has 2 atom stereocenters. The van der Waals surface area contributed by atoms with Crippen molar-refractivity contribution in [2.24, 2.45) is 11.7 Å². The fraction of sp³-hybridized carbons (Fsp3) is 0.348. The molecule has 1 aliphatic rings. The minimum absolute atomic E-state index is 0. The summed E-state index contributed by atoms with van der Waals surface area (Å²) in [6, 6.07) is 15.0. The van der Waals surface area contributed by atoms with Gasteiger partial charge in [0.1, 0.15) is 18.2 Å². The first-order valence-corrected chi connectivity index (χ1v) is 10.1. The van der Waals surface area contributed by atoms with E-state index in [-0.39, 0.29) is 48.5 Å². The lowest BCUT2D eigenvalue weighted by atomic mass is 10.0. The predicted octanol–water partition coefficient (Wildman–Crippen LogP) is 3.29. The smallest absolute Gasteiger partial charge is 0.306 e. The van der Waals surface area contributed by atoms with E-state index in [1.54, 1.807) is 0 Å². The molecule has 7 nitrogen and oxygen atoms in total. The molecule has 1 amide bonds. The average molecular weight is 446 g/mol. The van der Waals surface area contributed by atoms with Crippen LogP contribution < -0.4 is 15.8 Å². The number of nitrogen functional groups attached to an aromatic ring is 1. The number of hydrogen-bond acceptors (Lipinski definition) is 5. The predicted molar refractivity (Wildman–Crippen MR) is 122 cm³/mol. The van der Waals surface area contributed by atoms with Gasteiger partial charge in [-0.1, -0.05) is 43.3 Å². The molecule has 0 radical (unpaired) electrons. The number of carbonyl (C=O) groups excluding carboxylic acids is 2. The number of benzene rings is 2. The number of halogens is 1. The third kappa shape index (κ3) is 6.72. The Balaban J connectivity index is 0.00000341. The quantitative estimate of drug-likeness (QED) is 0.311. The van der Waals surface area contributed by atoms with Gasteiger partial charge in [-0.25, -0.2) is 0 Å². The molecule has 8 heteroatoms. The van der Waals surface area contributed by atoms with Gasteiger partial charge < -0.3 is 20.5 Å². The first-order valence-electron chi connectivity index (χ1n) is 10.1. The lowest BCUT2D eigenvalue weighted by Gasteiger charge is -2.12. The fourth-order valence-electron chi connectivity index (χ4n) is 3.37. The third-order valence-electron chi connectivity index (χ3n) is 5.00. The van der Waals surface area contributed by atoms with Crippen molar-refractivity contribution in [1.29, 1.82) is 5.41 Å². The van der Waals surface area contributed by atoms with Gasteiger partial charge in [-0.3, -0.25) is 15.0 Å². The summed E-state index contributed by atoms with van der Waals surface area (Å²) < 4.78 is 10.9. The number of amidine groups is 1. The van der Waals surface area contributed by atoms with Crippen molar-refractivity contribution in [1.82, 2.24) is 5.32 Å². The Morgan fingerprint density at radius 2 is 1.74 bits per heavy atom. The molecule has 0 aromatic heterocycles.